The van der Waals surface area contributed by atoms with Gasteiger partial charge in [-0.2, -0.15) is 0 Å². The summed E-state index contributed by atoms with van der Waals surface area (Å²) >= 11 is 5.86. The second kappa shape index (κ2) is 12.4. The molecule has 7 nitrogen and oxygen atoms in total. The Bertz CT molecular complexity index is 1160. The number of aryl methyl sites for hydroxylation is 1. The molecule has 0 fully saturated rings. The molecule has 0 bridgehead atoms. The van der Waals surface area contributed by atoms with Crippen molar-refractivity contribution in [1.29, 1.82) is 0 Å². The molecule has 10 heteroatoms. The Morgan fingerprint density at radius 3 is 2.34 bits per heavy atom. The highest BCUT2D eigenvalue weighted by Gasteiger charge is 2.32. The number of amides is 2. The van der Waals surface area contributed by atoms with E-state index in [1.165, 1.54) is 11.0 Å². The van der Waals surface area contributed by atoms with E-state index in [9.17, 15) is 22.4 Å². The molecular formula is C25H33ClFN3O4S. The van der Waals surface area contributed by atoms with Crippen LogP contribution >= 0.6 is 11.6 Å². The van der Waals surface area contributed by atoms with Gasteiger partial charge in [0, 0.05) is 12.6 Å². The number of carbonyl (C=O) groups excluding carboxylic acids is 2. The topological polar surface area (TPSA) is 86.8 Å². The van der Waals surface area contributed by atoms with Crippen LogP contribution in [0.15, 0.2) is 42.5 Å². The molecule has 0 aliphatic rings. The van der Waals surface area contributed by atoms with Crippen LogP contribution in [0.4, 0.5) is 10.1 Å². The highest BCUT2D eigenvalue weighted by molar-refractivity contribution is 7.92. The summed E-state index contributed by atoms with van der Waals surface area (Å²) in [6.07, 6.45) is 2.01. The van der Waals surface area contributed by atoms with Gasteiger partial charge in [0.15, 0.2) is 0 Å². The first-order valence-corrected chi connectivity index (χ1v) is 13.7. The van der Waals surface area contributed by atoms with Gasteiger partial charge in [-0.15, -0.1) is 0 Å². The average Bonchev–Trinajstić information content (AvgIpc) is 2.78. The number of hydrogen-bond acceptors (Lipinski definition) is 4. The van der Waals surface area contributed by atoms with Crippen LogP contribution in [0.5, 0.6) is 0 Å². The number of hydrogen-bond donors (Lipinski definition) is 1. The van der Waals surface area contributed by atoms with Crippen molar-refractivity contribution in [2.75, 3.05) is 17.1 Å². The van der Waals surface area contributed by atoms with Crippen LogP contribution in [0.25, 0.3) is 0 Å². The predicted octanol–water partition coefficient (Wildman–Crippen LogP) is 4.28. The summed E-state index contributed by atoms with van der Waals surface area (Å²) in [6, 6.07) is 10.1. The SMILES string of the molecule is CC[C@@H](C)NC(=O)[C@@H](CC)N(Cc1cccc(C)c1)C(=O)CN(c1ccc(F)c(Cl)c1)S(C)(=O)=O. The number of sulfonamides is 1. The highest BCUT2D eigenvalue weighted by Crippen LogP contribution is 2.25. The number of carbonyl (C=O) groups is 2. The maximum absolute atomic E-state index is 13.7. The fourth-order valence-electron chi connectivity index (χ4n) is 3.62. The van der Waals surface area contributed by atoms with Crippen molar-refractivity contribution < 1.29 is 22.4 Å². The largest absolute Gasteiger partial charge is 0.352 e. The maximum Gasteiger partial charge on any atom is 0.244 e. The first-order chi connectivity index (χ1) is 16.4. The van der Waals surface area contributed by atoms with E-state index in [1.807, 2.05) is 45.0 Å². The number of anilines is 1. The van der Waals surface area contributed by atoms with Crippen LogP contribution in [0.1, 0.15) is 44.7 Å². The molecule has 2 aromatic rings. The lowest BCUT2D eigenvalue weighted by molar-refractivity contribution is -0.140. The minimum atomic E-state index is -3.93. The molecule has 2 amide bonds. The number of nitrogens with one attached hydrogen (secondary N) is 1. The Morgan fingerprint density at radius 1 is 1.11 bits per heavy atom. The van der Waals surface area contributed by atoms with E-state index in [2.05, 4.69) is 5.32 Å². The molecule has 35 heavy (non-hydrogen) atoms. The van der Waals surface area contributed by atoms with Crippen molar-refractivity contribution in [1.82, 2.24) is 10.2 Å². The Kier molecular flexibility index (Phi) is 10.1. The molecule has 0 heterocycles. The van der Waals surface area contributed by atoms with Gasteiger partial charge in [0.1, 0.15) is 18.4 Å². The van der Waals surface area contributed by atoms with E-state index in [-0.39, 0.29) is 29.2 Å². The van der Waals surface area contributed by atoms with E-state index in [4.69, 9.17) is 11.6 Å². The number of rotatable bonds is 11. The normalized spacial score (nSPS) is 13.1. The van der Waals surface area contributed by atoms with Gasteiger partial charge in [-0.1, -0.05) is 55.3 Å². The minimum Gasteiger partial charge on any atom is -0.352 e. The monoisotopic (exact) mass is 525 g/mol. The zero-order valence-corrected chi connectivity index (χ0v) is 22.3. The zero-order valence-electron chi connectivity index (χ0n) is 20.7. The predicted molar refractivity (Wildman–Crippen MR) is 137 cm³/mol. The van der Waals surface area contributed by atoms with Crippen molar-refractivity contribution >= 4 is 39.1 Å². The second-order valence-electron chi connectivity index (χ2n) is 8.62. The van der Waals surface area contributed by atoms with Gasteiger partial charge in [0.25, 0.3) is 0 Å². The van der Waals surface area contributed by atoms with Crippen LogP contribution in [-0.4, -0.2) is 50.0 Å². The van der Waals surface area contributed by atoms with Crippen molar-refractivity contribution in [2.24, 2.45) is 0 Å². The zero-order chi connectivity index (χ0) is 26.3. The Hall–Kier alpha value is -2.65. The lowest BCUT2D eigenvalue weighted by Crippen LogP contribution is -2.53. The van der Waals surface area contributed by atoms with Gasteiger partial charge in [0.2, 0.25) is 21.8 Å². The van der Waals surface area contributed by atoms with E-state index in [1.54, 1.807) is 6.92 Å². The fourth-order valence-corrected chi connectivity index (χ4v) is 4.64. The molecule has 0 saturated carbocycles. The van der Waals surface area contributed by atoms with Crippen molar-refractivity contribution in [3.63, 3.8) is 0 Å². The number of nitrogens with zero attached hydrogens (tertiary/aromatic N) is 2. The van der Waals surface area contributed by atoms with Gasteiger partial charge >= 0.3 is 0 Å². The van der Waals surface area contributed by atoms with Crippen molar-refractivity contribution in [3.8, 4) is 0 Å². The second-order valence-corrected chi connectivity index (χ2v) is 10.9. The molecule has 0 aliphatic heterocycles. The molecule has 1 N–H and O–H groups in total. The Morgan fingerprint density at radius 2 is 1.80 bits per heavy atom. The van der Waals surface area contributed by atoms with E-state index >= 15 is 0 Å². The molecule has 0 aliphatic carbocycles. The summed E-state index contributed by atoms with van der Waals surface area (Å²) in [4.78, 5) is 28.1. The summed E-state index contributed by atoms with van der Waals surface area (Å²) in [7, 11) is -3.93. The summed E-state index contributed by atoms with van der Waals surface area (Å²) in [6.45, 7) is 7.09. The van der Waals surface area contributed by atoms with Gasteiger partial charge in [-0.3, -0.25) is 13.9 Å². The molecule has 0 unspecified atom stereocenters. The first-order valence-electron chi connectivity index (χ1n) is 11.5. The number of benzene rings is 2. The first kappa shape index (κ1) is 28.6. The molecule has 2 atom stereocenters. The smallest absolute Gasteiger partial charge is 0.244 e. The number of halogens is 2. The standard InChI is InChI=1S/C25H33ClFN3O4S/c1-6-18(4)28-25(32)23(7-2)29(15-19-10-8-9-17(3)13-19)24(31)16-30(35(5,33)34)20-11-12-22(27)21(26)14-20/h8-14,18,23H,6-7,15-16H2,1-5H3,(H,28,32)/t18-,23-/m1/s1. The molecule has 2 rings (SSSR count). The lowest BCUT2D eigenvalue weighted by Gasteiger charge is -2.33. The van der Waals surface area contributed by atoms with Crippen molar-refractivity contribution in [2.45, 2.75) is 59.2 Å². The van der Waals surface area contributed by atoms with Gasteiger partial charge in [0.05, 0.1) is 17.0 Å². The molecule has 192 valence electrons. The van der Waals surface area contributed by atoms with Crippen LogP contribution in [0, 0.1) is 12.7 Å². The quantitative estimate of drug-likeness (QED) is 0.474. The molecule has 0 radical (unpaired) electrons. The van der Waals surface area contributed by atoms with E-state index < -0.39 is 34.3 Å². The van der Waals surface area contributed by atoms with Crippen LogP contribution in [-0.2, 0) is 26.2 Å². The molecule has 2 aromatic carbocycles. The third-order valence-electron chi connectivity index (χ3n) is 5.69. The summed E-state index contributed by atoms with van der Waals surface area (Å²) in [5.74, 6) is -1.58. The van der Waals surface area contributed by atoms with E-state index in [0.717, 1.165) is 40.2 Å². The molecule has 0 aromatic heterocycles. The highest BCUT2D eigenvalue weighted by atomic mass is 35.5. The fraction of sp³-hybridized carbons (Fsp3) is 0.440. The Labute approximate surface area is 212 Å². The van der Waals surface area contributed by atoms with Crippen LogP contribution in [0.2, 0.25) is 5.02 Å². The third-order valence-corrected chi connectivity index (χ3v) is 7.12. The lowest BCUT2D eigenvalue weighted by atomic mass is 10.1. The van der Waals surface area contributed by atoms with Gasteiger partial charge in [-0.25, -0.2) is 12.8 Å². The Balaban J connectivity index is 2.46. The van der Waals surface area contributed by atoms with Gasteiger partial charge < -0.3 is 10.2 Å². The molecule has 0 spiro atoms. The minimum absolute atomic E-state index is 0.0554. The third kappa shape index (κ3) is 7.93. The average molecular weight is 526 g/mol. The van der Waals surface area contributed by atoms with Crippen molar-refractivity contribution in [3.05, 3.63) is 64.4 Å². The van der Waals surface area contributed by atoms with Gasteiger partial charge in [-0.05, 0) is 50.5 Å². The summed E-state index contributed by atoms with van der Waals surface area (Å²) < 4.78 is 39.7. The maximum atomic E-state index is 13.7. The molecule has 0 saturated heterocycles. The summed E-state index contributed by atoms with van der Waals surface area (Å²) in [5.41, 5.74) is 1.86. The summed E-state index contributed by atoms with van der Waals surface area (Å²) in [5, 5.41) is 2.65. The van der Waals surface area contributed by atoms with Crippen LogP contribution in [0.3, 0.4) is 0 Å². The van der Waals surface area contributed by atoms with E-state index in [0.29, 0.717) is 6.42 Å². The molecular weight excluding hydrogens is 493 g/mol. The van der Waals surface area contributed by atoms with Crippen LogP contribution < -0.4 is 9.62 Å².